The molecule has 0 spiro atoms. The van der Waals surface area contributed by atoms with E-state index in [-0.39, 0.29) is 18.5 Å². The number of hydrogen-bond acceptors (Lipinski definition) is 3. The number of amides is 1. The van der Waals surface area contributed by atoms with Gasteiger partial charge >= 0.3 is 0 Å². The van der Waals surface area contributed by atoms with Crippen molar-refractivity contribution in [2.75, 3.05) is 0 Å². The normalized spacial score (nSPS) is 12.1. The molecule has 0 fully saturated rings. The van der Waals surface area contributed by atoms with E-state index in [1.807, 2.05) is 26.0 Å². The molecule has 0 radical (unpaired) electrons. The minimum Gasteiger partial charge on any atom is -0.352 e. The van der Waals surface area contributed by atoms with Crippen LogP contribution in [0.4, 0.5) is 0 Å². The Kier molecular flexibility index (Phi) is 5.14. The van der Waals surface area contributed by atoms with Gasteiger partial charge < -0.3 is 5.32 Å². The van der Waals surface area contributed by atoms with Crippen LogP contribution in [-0.4, -0.2) is 26.7 Å². The van der Waals surface area contributed by atoms with Crippen LogP contribution in [0.15, 0.2) is 24.3 Å². The predicted molar refractivity (Wildman–Crippen MR) is 85.8 cm³/mol. The Bertz CT molecular complexity index is 677. The number of nitrogens with zero attached hydrogens (tertiary/aromatic N) is 2. The van der Waals surface area contributed by atoms with Gasteiger partial charge in [0.2, 0.25) is 5.91 Å². The van der Waals surface area contributed by atoms with Crippen molar-refractivity contribution in [1.82, 2.24) is 20.1 Å². The Morgan fingerprint density at radius 3 is 2.76 bits per heavy atom. The van der Waals surface area contributed by atoms with Gasteiger partial charge in [0.1, 0.15) is 6.54 Å². The summed E-state index contributed by atoms with van der Waals surface area (Å²) < 4.78 is 2.09. The van der Waals surface area contributed by atoms with Gasteiger partial charge in [0.05, 0.1) is 0 Å². The minimum absolute atomic E-state index is 0.0861. The predicted octanol–water partition coefficient (Wildman–Crippen LogP) is 3.18. The molecule has 112 valence electrons. The fraction of sp³-hybridized carbons (Fsp3) is 0.357. The number of aromatic nitrogens is 3. The Hall–Kier alpha value is -1.66. The van der Waals surface area contributed by atoms with Crippen LogP contribution >= 0.6 is 23.8 Å². The van der Waals surface area contributed by atoms with Crippen LogP contribution in [0.3, 0.4) is 0 Å². The van der Waals surface area contributed by atoms with Gasteiger partial charge in [-0.15, -0.1) is 0 Å². The zero-order valence-electron chi connectivity index (χ0n) is 11.9. The van der Waals surface area contributed by atoms with Crippen LogP contribution in [0.2, 0.25) is 5.02 Å². The highest BCUT2D eigenvalue weighted by atomic mass is 35.5. The van der Waals surface area contributed by atoms with E-state index in [9.17, 15) is 4.79 Å². The fourth-order valence-corrected chi connectivity index (χ4v) is 2.17. The number of aromatic amines is 1. The Labute approximate surface area is 133 Å². The van der Waals surface area contributed by atoms with Crippen molar-refractivity contribution in [3.63, 3.8) is 0 Å². The lowest BCUT2D eigenvalue weighted by Crippen LogP contribution is -2.34. The number of benzene rings is 1. The van der Waals surface area contributed by atoms with Gasteiger partial charge in [-0.25, -0.2) is 0 Å². The van der Waals surface area contributed by atoms with E-state index in [0.717, 1.165) is 12.0 Å². The number of rotatable bonds is 5. The van der Waals surface area contributed by atoms with Crippen molar-refractivity contribution in [3.05, 3.63) is 34.1 Å². The highest BCUT2D eigenvalue weighted by Crippen LogP contribution is 2.19. The summed E-state index contributed by atoms with van der Waals surface area (Å²) in [6.45, 7) is 4.12. The zero-order chi connectivity index (χ0) is 15.4. The highest BCUT2D eigenvalue weighted by Gasteiger charge is 2.13. The van der Waals surface area contributed by atoms with Gasteiger partial charge in [-0.1, -0.05) is 18.5 Å². The largest absolute Gasteiger partial charge is 0.352 e. The third-order valence-corrected chi connectivity index (χ3v) is 3.75. The SMILES string of the molecule is CCC(C)NC(=O)Cn1c(-c2ccc(Cl)cc2)n[nH]c1=S. The molecule has 1 aromatic carbocycles. The minimum atomic E-state index is -0.0861. The summed E-state index contributed by atoms with van der Waals surface area (Å²) in [5.41, 5.74) is 0.850. The van der Waals surface area contributed by atoms with Crippen molar-refractivity contribution >= 4 is 29.7 Å². The summed E-state index contributed by atoms with van der Waals surface area (Å²) in [4.78, 5) is 12.0. The molecule has 0 saturated carbocycles. The van der Waals surface area contributed by atoms with Crippen molar-refractivity contribution in [2.45, 2.75) is 32.9 Å². The lowest BCUT2D eigenvalue weighted by Gasteiger charge is -2.12. The molecular formula is C14H17ClN4OS. The molecule has 0 aliphatic rings. The smallest absolute Gasteiger partial charge is 0.240 e. The first-order chi connectivity index (χ1) is 10.0. The number of H-pyrrole nitrogens is 1. The Morgan fingerprint density at radius 1 is 1.48 bits per heavy atom. The van der Waals surface area contributed by atoms with Crippen molar-refractivity contribution in [1.29, 1.82) is 0 Å². The van der Waals surface area contributed by atoms with Gasteiger partial charge in [-0.05, 0) is 49.8 Å². The van der Waals surface area contributed by atoms with E-state index < -0.39 is 0 Å². The van der Waals surface area contributed by atoms with Crippen molar-refractivity contribution in [3.8, 4) is 11.4 Å². The molecule has 0 aliphatic carbocycles. The summed E-state index contributed by atoms with van der Waals surface area (Å²) in [5.74, 6) is 0.535. The van der Waals surface area contributed by atoms with E-state index in [4.69, 9.17) is 23.8 Å². The van der Waals surface area contributed by atoms with Gasteiger partial charge in [-0.3, -0.25) is 14.5 Å². The molecule has 1 atom stereocenters. The molecular weight excluding hydrogens is 308 g/mol. The zero-order valence-corrected chi connectivity index (χ0v) is 13.5. The third kappa shape index (κ3) is 3.92. The third-order valence-electron chi connectivity index (χ3n) is 3.18. The summed E-state index contributed by atoms with van der Waals surface area (Å²) in [5, 5.41) is 10.5. The molecule has 1 amide bonds. The van der Waals surface area contributed by atoms with Crippen LogP contribution in [-0.2, 0) is 11.3 Å². The monoisotopic (exact) mass is 324 g/mol. The molecule has 0 aliphatic heterocycles. The number of carbonyl (C=O) groups excluding carboxylic acids is 1. The number of halogens is 1. The van der Waals surface area contributed by atoms with E-state index >= 15 is 0 Å². The highest BCUT2D eigenvalue weighted by molar-refractivity contribution is 7.71. The fourth-order valence-electron chi connectivity index (χ4n) is 1.85. The summed E-state index contributed by atoms with van der Waals surface area (Å²) in [7, 11) is 0. The molecule has 21 heavy (non-hydrogen) atoms. The lowest BCUT2D eigenvalue weighted by atomic mass is 10.2. The Balaban J connectivity index is 2.24. The summed E-state index contributed by atoms with van der Waals surface area (Å²) in [6, 6.07) is 7.38. The van der Waals surface area contributed by atoms with E-state index in [1.54, 1.807) is 16.7 Å². The second-order valence-corrected chi connectivity index (χ2v) is 5.65. The first-order valence-corrected chi connectivity index (χ1v) is 7.50. The molecule has 0 bridgehead atoms. The molecule has 2 rings (SSSR count). The second-order valence-electron chi connectivity index (χ2n) is 4.82. The number of carbonyl (C=O) groups is 1. The second kappa shape index (κ2) is 6.87. The Morgan fingerprint density at radius 2 is 2.14 bits per heavy atom. The van der Waals surface area contributed by atoms with Crippen LogP contribution in [0.5, 0.6) is 0 Å². The van der Waals surface area contributed by atoms with Gasteiger partial charge in [0.15, 0.2) is 10.6 Å². The summed E-state index contributed by atoms with van der Waals surface area (Å²) in [6.07, 6.45) is 0.882. The van der Waals surface area contributed by atoms with Crippen LogP contribution in [0.1, 0.15) is 20.3 Å². The first kappa shape index (κ1) is 15.7. The number of nitrogens with one attached hydrogen (secondary N) is 2. The molecule has 5 nitrogen and oxygen atoms in total. The maximum atomic E-state index is 12.0. The van der Waals surface area contributed by atoms with E-state index in [0.29, 0.717) is 15.6 Å². The molecule has 1 unspecified atom stereocenters. The molecule has 0 saturated heterocycles. The van der Waals surface area contributed by atoms with Gasteiger partial charge in [0, 0.05) is 16.6 Å². The van der Waals surface area contributed by atoms with Crippen LogP contribution in [0.25, 0.3) is 11.4 Å². The average Bonchev–Trinajstić information content (AvgIpc) is 2.81. The molecule has 2 aromatic rings. The van der Waals surface area contributed by atoms with Crippen molar-refractivity contribution < 1.29 is 4.79 Å². The lowest BCUT2D eigenvalue weighted by molar-refractivity contribution is -0.122. The quantitative estimate of drug-likeness (QED) is 0.830. The first-order valence-electron chi connectivity index (χ1n) is 6.71. The van der Waals surface area contributed by atoms with Gasteiger partial charge in [-0.2, -0.15) is 5.10 Å². The van der Waals surface area contributed by atoms with E-state index in [1.165, 1.54) is 0 Å². The maximum Gasteiger partial charge on any atom is 0.240 e. The molecule has 1 heterocycles. The van der Waals surface area contributed by atoms with Crippen LogP contribution < -0.4 is 5.32 Å². The van der Waals surface area contributed by atoms with Crippen LogP contribution in [0, 0.1) is 4.77 Å². The van der Waals surface area contributed by atoms with E-state index in [2.05, 4.69) is 15.5 Å². The van der Waals surface area contributed by atoms with Gasteiger partial charge in [0.25, 0.3) is 0 Å². The van der Waals surface area contributed by atoms with Crippen molar-refractivity contribution in [2.24, 2.45) is 0 Å². The molecule has 1 aromatic heterocycles. The summed E-state index contributed by atoms with van der Waals surface area (Å²) >= 11 is 11.1. The molecule has 7 heteroatoms. The topological polar surface area (TPSA) is 62.7 Å². The molecule has 2 N–H and O–H groups in total. The number of hydrogen-bond donors (Lipinski definition) is 2. The average molecular weight is 325 g/mol. The maximum absolute atomic E-state index is 12.0. The standard InChI is InChI=1S/C14H17ClN4OS/c1-3-9(2)16-12(20)8-19-13(17-18-14(19)21)10-4-6-11(15)7-5-10/h4-7,9H,3,8H2,1-2H3,(H,16,20)(H,18,21).